The normalized spacial score (nSPS) is 10.9. The third kappa shape index (κ3) is 2.18. The summed E-state index contributed by atoms with van der Waals surface area (Å²) >= 11 is 0. The lowest BCUT2D eigenvalue weighted by atomic mass is 10.1. The number of aromatic nitrogens is 3. The molecule has 90 valence electrons. The molecule has 0 unspecified atom stereocenters. The lowest BCUT2D eigenvalue weighted by Crippen LogP contribution is -1.93. The molecule has 0 amide bonds. The van der Waals surface area contributed by atoms with E-state index in [1.807, 2.05) is 18.3 Å². The lowest BCUT2D eigenvalue weighted by Gasteiger charge is -1.97. The predicted molar refractivity (Wildman–Crippen MR) is 69.4 cm³/mol. The second kappa shape index (κ2) is 4.49. The molecule has 3 rings (SSSR count). The molecule has 0 radical (unpaired) electrons. The number of nitrogens with one attached hydrogen (secondary N) is 1. The van der Waals surface area contributed by atoms with Crippen molar-refractivity contribution in [2.45, 2.75) is 12.8 Å². The fraction of sp³-hybridized carbons (Fsp3) is 0.143. The van der Waals surface area contributed by atoms with Crippen LogP contribution in [0.4, 0.5) is 0 Å². The first-order valence-corrected chi connectivity index (χ1v) is 5.88. The molecule has 18 heavy (non-hydrogen) atoms. The van der Waals surface area contributed by atoms with Gasteiger partial charge in [0, 0.05) is 24.9 Å². The molecule has 4 nitrogen and oxygen atoms in total. The molecule has 0 spiro atoms. The topological polar surface area (TPSA) is 61.8 Å². The van der Waals surface area contributed by atoms with Crippen LogP contribution in [0.1, 0.15) is 11.4 Å². The minimum atomic E-state index is 0.255. The molecule has 0 aliphatic rings. The van der Waals surface area contributed by atoms with Crippen molar-refractivity contribution < 1.29 is 5.11 Å². The standard InChI is InChI=1S/C14H13N3O/c18-11-4-5-12-13(8-11)17-14(16-12)6-3-10-2-1-7-15-9-10/h1-2,4-5,7-9,18H,3,6H2,(H,16,17). The molecule has 1 aromatic carbocycles. The van der Waals surface area contributed by atoms with Gasteiger partial charge in [0.15, 0.2) is 0 Å². The molecule has 4 heteroatoms. The molecule has 0 fully saturated rings. The van der Waals surface area contributed by atoms with Crippen molar-refractivity contribution in [3.63, 3.8) is 0 Å². The number of hydrogen-bond donors (Lipinski definition) is 2. The molecule has 2 N–H and O–H groups in total. The van der Waals surface area contributed by atoms with E-state index in [9.17, 15) is 5.11 Å². The van der Waals surface area contributed by atoms with Crippen LogP contribution in [-0.2, 0) is 12.8 Å². The van der Waals surface area contributed by atoms with Crippen molar-refractivity contribution in [2.24, 2.45) is 0 Å². The van der Waals surface area contributed by atoms with Crippen LogP contribution in [0.5, 0.6) is 5.75 Å². The Bertz CT molecular complexity index is 661. The van der Waals surface area contributed by atoms with E-state index < -0.39 is 0 Å². The number of fused-ring (bicyclic) bond motifs is 1. The van der Waals surface area contributed by atoms with Gasteiger partial charge in [-0.2, -0.15) is 0 Å². The highest BCUT2D eigenvalue weighted by atomic mass is 16.3. The molecule has 2 aromatic heterocycles. The Kier molecular flexibility index (Phi) is 2.68. The van der Waals surface area contributed by atoms with Crippen LogP contribution >= 0.6 is 0 Å². The molecule has 0 atom stereocenters. The summed E-state index contributed by atoms with van der Waals surface area (Å²) in [6, 6.07) is 9.15. The van der Waals surface area contributed by atoms with Crippen LogP contribution in [0.15, 0.2) is 42.7 Å². The van der Waals surface area contributed by atoms with E-state index in [2.05, 4.69) is 21.0 Å². The Labute approximate surface area is 104 Å². The van der Waals surface area contributed by atoms with E-state index >= 15 is 0 Å². The van der Waals surface area contributed by atoms with Gasteiger partial charge < -0.3 is 10.1 Å². The van der Waals surface area contributed by atoms with E-state index in [4.69, 9.17) is 0 Å². The van der Waals surface area contributed by atoms with Crippen LogP contribution < -0.4 is 0 Å². The van der Waals surface area contributed by atoms with Crippen molar-refractivity contribution in [3.8, 4) is 5.75 Å². The maximum Gasteiger partial charge on any atom is 0.117 e. The average Bonchev–Trinajstić information content (AvgIpc) is 2.79. The Morgan fingerprint density at radius 1 is 1.17 bits per heavy atom. The quantitative estimate of drug-likeness (QED) is 0.738. The van der Waals surface area contributed by atoms with Gasteiger partial charge >= 0.3 is 0 Å². The molecule has 0 bridgehead atoms. The van der Waals surface area contributed by atoms with Gasteiger partial charge in [-0.1, -0.05) is 6.07 Å². The number of hydrogen-bond acceptors (Lipinski definition) is 3. The third-order valence-corrected chi connectivity index (χ3v) is 2.89. The first-order chi connectivity index (χ1) is 8.81. The Hall–Kier alpha value is -2.36. The maximum absolute atomic E-state index is 9.39. The largest absolute Gasteiger partial charge is 0.508 e. The number of phenols is 1. The summed E-state index contributed by atoms with van der Waals surface area (Å²) in [5.41, 5.74) is 2.95. The number of aromatic amines is 1. The number of H-pyrrole nitrogens is 1. The fourth-order valence-electron chi connectivity index (χ4n) is 1.98. The molecular weight excluding hydrogens is 226 g/mol. The summed E-state index contributed by atoms with van der Waals surface area (Å²) in [6.45, 7) is 0. The van der Waals surface area contributed by atoms with Gasteiger partial charge in [0.25, 0.3) is 0 Å². The highest BCUT2D eigenvalue weighted by molar-refractivity contribution is 5.76. The second-order valence-electron chi connectivity index (χ2n) is 4.25. The molecule has 3 aromatic rings. The lowest BCUT2D eigenvalue weighted by molar-refractivity contribution is 0.476. The minimum Gasteiger partial charge on any atom is -0.508 e. The number of aromatic hydroxyl groups is 1. The van der Waals surface area contributed by atoms with E-state index in [0.717, 1.165) is 29.7 Å². The number of pyridine rings is 1. The van der Waals surface area contributed by atoms with Gasteiger partial charge in [-0.05, 0) is 30.2 Å². The van der Waals surface area contributed by atoms with Gasteiger partial charge in [0.2, 0.25) is 0 Å². The highest BCUT2D eigenvalue weighted by Gasteiger charge is 2.03. The fourth-order valence-corrected chi connectivity index (χ4v) is 1.98. The number of phenolic OH excluding ortho intramolecular Hbond substituents is 1. The van der Waals surface area contributed by atoms with Crippen LogP contribution in [0.3, 0.4) is 0 Å². The van der Waals surface area contributed by atoms with Crippen LogP contribution in [0.25, 0.3) is 11.0 Å². The highest BCUT2D eigenvalue weighted by Crippen LogP contribution is 2.18. The van der Waals surface area contributed by atoms with E-state index in [1.54, 1.807) is 18.3 Å². The van der Waals surface area contributed by atoms with Crippen LogP contribution in [0, 0.1) is 0 Å². The van der Waals surface area contributed by atoms with Crippen molar-refractivity contribution in [3.05, 3.63) is 54.1 Å². The van der Waals surface area contributed by atoms with Crippen molar-refractivity contribution in [1.29, 1.82) is 0 Å². The molecule has 0 saturated heterocycles. The number of imidazole rings is 1. The maximum atomic E-state index is 9.39. The predicted octanol–water partition coefficient (Wildman–Crippen LogP) is 2.45. The second-order valence-corrected chi connectivity index (χ2v) is 4.25. The summed E-state index contributed by atoms with van der Waals surface area (Å²) < 4.78 is 0. The van der Waals surface area contributed by atoms with Gasteiger partial charge in [-0.15, -0.1) is 0 Å². The first kappa shape index (κ1) is 10.8. The van der Waals surface area contributed by atoms with Gasteiger partial charge in [-0.3, -0.25) is 4.98 Å². The van der Waals surface area contributed by atoms with Crippen LogP contribution in [-0.4, -0.2) is 20.1 Å². The SMILES string of the molecule is Oc1ccc2nc(CCc3cccnc3)[nH]c2c1. The smallest absolute Gasteiger partial charge is 0.117 e. The number of nitrogens with zero attached hydrogens (tertiary/aromatic N) is 2. The van der Waals surface area contributed by atoms with Crippen molar-refractivity contribution >= 4 is 11.0 Å². The number of aryl methyl sites for hydroxylation is 2. The summed E-state index contributed by atoms with van der Waals surface area (Å²) in [7, 11) is 0. The number of rotatable bonds is 3. The molecule has 0 aliphatic heterocycles. The van der Waals surface area contributed by atoms with Crippen LogP contribution in [0.2, 0.25) is 0 Å². The zero-order chi connectivity index (χ0) is 12.4. The number of benzene rings is 1. The van der Waals surface area contributed by atoms with Gasteiger partial charge in [0.05, 0.1) is 11.0 Å². The Morgan fingerprint density at radius 2 is 2.11 bits per heavy atom. The summed E-state index contributed by atoms with van der Waals surface area (Å²) in [6.07, 6.45) is 5.38. The Balaban J connectivity index is 1.79. The summed E-state index contributed by atoms with van der Waals surface area (Å²) in [4.78, 5) is 11.8. The summed E-state index contributed by atoms with van der Waals surface area (Å²) in [5, 5.41) is 9.39. The monoisotopic (exact) mass is 239 g/mol. The molecule has 0 saturated carbocycles. The van der Waals surface area contributed by atoms with E-state index in [-0.39, 0.29) is 5.75 Å². The molecular formula is C14H13N3O. The third-order valence-electron chi connectivity index (χ3n) is 2.89. The van der Waals surface area contributed by atoms with Gasteiger partial charge in [0.1, 0.15) is 11.6 Å². The van der Waals surface area contributed by atoms with E-state index in [0.29, 0.717) is 0 Å². The minimum absolute atomic E-state index is 0.255. The van der Waals surface area contributed by atoms with Gasteiger partial charge in [-0.25, -0.2) is 4.98 Å². The first-order valence-electron chi connectivity index (χ1n) is 5.88. The Morgan fingerprint density at radius 3 is 2.94 bits per heavy atom. The van der Waals surface area contributed by atoms with E-state index in [1.165, 1.54) is 5.56 Å². The molecule has 2 heterocycles. The van der Waals surface area contributed by atoms with Crippen molar-refractivity contribution in [1.82, 2.24) is 15.0 Å². The van der Waals surface area contributed by atoms with Crippen molar-refractivity contribution in [2.75, 3.05) is 0 Å². The molecule has 0 aliphatic carbocycles. The summed E-state index contributed by atoms with van der Waals surface area (Å²) in [5.74, 6) is 1.18. The zero-order valence-electron chi connectivity index (χ0n) is 9.80. The average molecular weight is 239 g/mol. The zero-order valence-corrected chi connectivity index (χ0v) is 9.80.